The highest BCUT2D eigenvalue weighted by atomic mass is 32.2. The monoisotopic (exact) mass is 141 g/mol. The summed E-state index contributed by atoms with van der Waals surface area (Å²) in [6.45, 7) is 7.46. The fourth-order valence-corrected chi connectivity index (χ4v) is 0.693. The molecular weight excluding hydrogens is 130 g/mol. The van der Waals surface area contributed by atoms with Crippen LogP contribution in [0.25, 0.3) is 0 Å². The molecule has 0 aromatic carbocycles. The Kier molecular flexibility index (Phi) is 5.32. The lowest BCUT2D eigenvalue weighted by Gasteiger charge is -1.87. The van der Waals surface area contributed by atoms with E-state index in [-0.39, 0.29) is 0 Å². The predicted molar refractivity (Wildman–Crippen MR) is 45.7 cm³/mol. The lowest BCUT2D eigenvalue weighted by atomic mass is 10.7. The fraction of sp³-hybridized carbons (Fsp3) is 0.286. The van der Waals surface area contributed by atoms with Gasteiger partial charge in [-0.3, -0.25) is 4.99 Å². The molecule has 0 spiro atoms. The van der Waals surface area contributed by atoms with E-state index in [4.69, 9.17) is 0 Å². The van der Waals surface area contributed by atoms with Gasteiger partial charge in [-0.05, 0) is 19.3 Å². The molecule has 0 heterocycles. The highest BCUT2D eigenvalue weighted by molar-refractivity contribution is 8.16. The van der Waals surface area contributed by atoms with Crippen molar-refractivity contribution in [2.75, 3.05) is 0 Å². The van der Waals surface area contributed by atoms with E-state index in [1.165, 1.54) is 11.8 Å². The average molecular weight is 141 g/mol. The standard InChI is InChI=1S/C7H11NS/c1-4-6-8-7(3)9-5-2/h4-6H,2H2,1,3H3/b6-4-,8-7?. The topological polar surface area (TPSA) is 12.4 Å². The molecule has 0 aliphatic rings. The zero-order valence-corrected chi connectivity index (χ0v) is 6.61. The summed E-state index contributed by atoms with van der Waals surface area (Å²) in [6.07, 6.45) is 3.67. The lowest BCUT2D eigenvalue weighted by molar-refractivity contribution is 1.53. The molecule has 0 fully saturated rings. The minimum atomic E-state index is 1.02. The quantitative estimate of drug-likeness (QED) is 0.425. The Morgan fingerprint density at radius 3 is 2.78 bits per heavy atom. The molecular formula is C7H11NS. The van der Waals surface area contributed by atoms with E-state index in [2.05, 4.69) is 11.6 Å². The van der Waals surface area contributed by atoms with Gasteiger partial charge in [0.15, 0.2) is 0 Å². The van der Waals surface area contributed by atoms with Crippen LogP contribution in [-0.4, -0.2) is 5.04 Å². The van der Waals surface area contributed by atoms with Crippen molar-refractivity contribution in [3.63, 3.8) is 0 Å². The Hall–Kier alpha value is -0.500. The van der Waals surface area contributed by atoms with Crippen LogP contribution in [-0.2, 0) is 0 Å². The molecule has 0 rings (SSSR count). The maximum absolute atomic E-state index is 4.06. The Bertz CT molecular complexity index is 136. The van der Waals surface area contributed by atoms with Crippen LogP contribution in [0.4, 0.5) is 0 Å². The molecule has 0 saturated heterocycles. The van der Waals surface area contributed by atoms with Gasteiger partial charge in [0.2, 0.25) is 0 Å². The van der Waals surface area contributed by atoms with Crippen LogP contribution in [0.2, 0.25) is 0 Å². The Balaban J connectivity index is 3.68. The molecule has 0 aliphatic carbocycles. The third-order valence-electron chi connectivity index (χ3n) is 0.659. The summed E-state index contributed by atoms with van der Waals surface area (Å²) < 4.78 is 0. The van der Waals surface area contributed by atoms with Gasteiger partial charge < -0.3 is 0 Å². The van der Waals surface area contributed by atoms with E-state index in [1.54, 1.807) is 11.6 Å². The van der Waals surface area contributed by atoms with Crippen molar-refractivity contribution >= 4 is 16.8 Å². The van der Waals surface area contributed by atoms with E-state index >= 15 is 0 Å². The van der Waals surface area contributed by atoms with E-state index in [9.17, 15) is 0 Å². The van der Waals surface area contributed by atoms with Gasteiger partial charge in [0.25, 0.3) is 0 Å². The summed E-state index contributed by atoms with van der Waals surface area (Å²) in [7, 11) is 0. The van der Waals surface area contributed by atoms with Crippen molar-refractivity contribution in [3.05, 3.63) is 24.3 Å². The van der Waals surface area contributed by atoms with Crippen LogP contribution < -0.4 is 0 Å². The molecule has 2 heteroatoms. The third-order valence-corrected chi connectivity index (χ3v) is 1.27. The SMILES string of the molecule is C=CSC(C)=N/C=C\C. The van der Waals surface area contributed by atoms with Gasteiger partial charge >= 0.3 is 0 Å². The first-order valence-corrected chi connectivity index (χ1v) is 3.62. The Morgan fingerprint density at radius 1 is 1.67 bits per heavy atom. The second kappa shape index (κ2) is 5.63. The van der Waals surface area contributed by atoms with Crippen molar-refractivity contribution in [2.24, 2.45) is 4.99 Å². The third kappa shape index (κ3) is 5.37. The smallest absolute Gasteiger partial charge is 0.0741 e. The molecule has 0 aromatic heterocycles. The van der Waals surface area contributed by atoms with Gasteiger partial charge in [0.1, 0.15) is 0 Å². The molecule has 0 amide bonds. The van der Waals surface area contributed by atoms with Crippen molar-refractivity contribution < 1.29 is 0 Å². The lowest BCUT2D eigenvalue weighted by Crippen LogP contribution is -1.75. The highest BCUT2D eigenvalue weighted by Crippen LogP contribution is 2.02. The van der Waals surface area contributed by atoms with Crippen molar-refractivity contribution in [2.45, 2.75) is 13.8 Å². The predicted octanol–water partition coefficient (Wildman–Crippen LogP) is 2.82. The van der Waals surface area contributed by atoms with Crippen LogP contribution in [0.1, 0.15) is 13.8 Å². The Morgan fingerprint density at radius 2 is 2.33 bits per heavy atom. The molecule has 9 heavy (non-hydrogen) atoms. The largest absolute Gasteiger partial charge is 0.255 e. The van der Waals surface area contributed by atoms with Gasteiger partial charge in [-0.15, -0.1) is 0 Å². The van der Waals surface area contributed by atoms with E-state index in [0.29, 0.717) is 0 Å². The van der Waals surface area contributed by atoms with Gasteiger partial charge in [0, 0.05) is 6.20 Å². The van der Waals surface area contributed by atoms with E-state index < -0.39 is 0 Å². The zero-order chi connectivity index (χ0) is 7.11. The number of hydrogen-bond acceptors (Lipinski definition) is 2. The van der Waals surface area contributed by atoms with Crippen LogP contribution >= 0.6 is 11.8 Å². The number of hydrogen-bond donors (Lipinski definition) is 0. The molecule has 1 nitrogen and oxygen atoms in total. The van der Waals surface area contributed by atoms with Crippen LogP contribution in [0.3, 0.4) is 0 Å². The summed E-state index contributed by atoms with van der Waals surface area (Å²) >= 11 is 1.53. The normalized spacial score (nSPS) is 12.4. The number of allylic oxidation sites excluding steroid dienone is 1. The molecule has 0 aliphatic heterocycles. The molecule has 0 bridgehead atoms. The average Bonchev–Trinajstić information content (AvgIpc) is 1.85. The van der Waals surface area contributed by atoms with Crippen LogP contribution in [0.15, 0.2) is 29.3 Å². The first-order chi connectivity index (χ1) is 4.31. The molecule has 50 valence electrons. The number of nitrogens with zero attached hydrogens (tertiary/aromatic N) is 1. The number of thioether (sulfide) groups is 1. The summed E-state index contributed by atoms with van der Waals surface area (Å²) in [6, 6.07) is 0. The molecule has 0 unspecified atom stereocenters. The second-order valence-corrected chi connectivity index (χ2v) is 2.57. The minimum Gasteiger partial charge on any atom is -0.255 e. The second-order valence-electron chi connectivity index (χ2n) is 1.42. The molecule has 0 atom stereocenters. The summed E-state index contributed by atoms with van der Waals surface area (Å²) in [5.41, 5.74) is 0. The molecule has 0 saturated carbocycles. The fourth-order valence-electron chi connectivity index (χ4n) is 0.331. The van der Waals surface area contributed by atoms with Crippen molar-refractivity contribution in [1.82, 2.24) is 0 Å². The van der Waals surface area contributed by atoms with E-state index in [0.717, 1.165) is 5.04 Å². The number of aliphatic imine (C=N–C) groups is 1. The van der Waals surface area contributed by atoms with Crippen molar-refractivity contribution in [3.8, 4) is 0 Å². The van der Waals surface area contributed by atoms with Gasteiger partial charge in [0.05, 0.1) is 5.04 Å². The minimum absolute atomic E-state index is 1.02. The van der Waals surface area contributed by atoms with E-state index in [1.807, 2.05) is 19.9 Å². The molecule has 0 N–H and O–H groups in total. The number of rotatable bonds is 2. The summed E-state index contributed by atoms with van der Waals surface area (Å²) in [5, 5.41) is 2.78. The molecule has 0 aromatic rings. The van der Waals surface area contributed by atoms with Gasteiger partial charge in [-0.1, -0.05) is 24.4 Å². The Labute approximate surface area is 60.6 Å². The summed E-state index contributed by atoms with van der Waals surface area (Å²) in [5.74, 6) is 0. The van der Waals surface area contributed by atoms with Gasteiger partial charge in [-0.25, -0.2) is 0 Å². The maximum atomic E-state index is 4.06. The first-order valence-electron chi connectivity index (χ1n) is 2.74. The zero-order valence-electron chi connectivity index (χ0n) is 5.79. The highest BCUT2D eigenvalue weighted by Gasteiger charge is 1.80. The summed E-state index contributed by atoms with van der Waals surface area (Å²) in [4.78, 5) is 4.06. The van der Waals surface area contributed by atoms with Gasteiger partial charge in [-0.2, -0.15) is 0 Å². The first kappa shape index (κ1) is 8.50. The molecule has 0 radical (unpaired) electrons. The van der Waals surface area contributed by atoms with Crippen molar-refractivity contribution in [1.29, 1.82) is 0 Å². The maximum Gasteiger partial charge on any atom is 0.0741 e. The van der Waals surface area contributed by atoms with Crippen LogP contribution in [0.5, 0.6) is 0 Å². The van der Waals surface area contributed by atoms with Crippen LogP contribution in [0, 0.1) is 0 Å².